The standard InChI is InChI=1S/C32H28N4O10/c1-14-10-23(38)19-13-18-16(26(27(19)30(14)39)28-22(37)6-5-7-24(28)46-4)8-9-17-25(18)32(41)34(31(17)40)15-11-20(35(42)43)29(33(2)3)21(12-15)36(44)45/h5-8,10-12,17-18,25-26,37H,9,13H2,1-4H3/t17-,18+,25-,26-/m0/s1. The van der Waals surface area contributed by atoms with Crippen LogP contribution in [-0.4, -0.2) is 59.5 Å². The summed E-state index contributed by atoms with van der Waals surface area (Å²) >= 11 is 0. The number of nitro groups is 2. The van der Waals surface area contributed by atoms with E-state index in [0.29, 0.717) is 5.57 Å². The number of ether oxygens (including phenoxy) is 1. The van der Waals surface area contributed by atoms with Gasteiger partial charge in [-0.3, -0.25) is 39.4 Å². The highest BCUT2D eigenvalue weighted by Gasteiger charge is 2.57. The van der Waals surface area contributed by atoms with E-state index in [1.54, 1.807) is 18.2 Å². The first-order chi connectivity index (χ1) is 21.8. The average Bonchev–Trinajstić information content (AvgIpc) is 3.27. The molecule has 0 radical (unpaired) electrons. The van der Waals surface area contributed by atoms with Crippen LogP contribution >= 0.6 is 0 Å². The third-order valence-corrected chi connectivity index (χ3v) is 9.27. The van der Waals surface area contributed by atoms with Crippen molar-refractivity contribution in [1.82, 2.24) is 0 Å². The number of aromatic hydroxyl groups is 1. The molecular weight excluding hydrogens is 600 g/mol. The molecule has 1 fully saturated rings. The fourth-order valence-electron chi connectivity index (χ4n) is 7.40. The Morgan fingerprint density at radius 3 is 2.24 bits per heavy atom. The van der Waals surface area contributed by atoms with Gasteiger partial charge in [0, 0.05) is 54.4 Å². The first kappa shape index (κ1) is 30.4. The van der Waals surface area contributed by atoms with Gasteiger partial charge in [0.1, 0.15) is 11.5 Å². The lowest BCUT2D eigenvalue weighted by molar-refractivity contribution is -0.392. The first-order valence-electron chi connectivity index (χ1n) is 14.4. The quantitative estimate of drug-likeness (QED) is 0.160. The van der Waals surface area contributed by atoms with Crippen molar-refractivity contribution in [3.05, 3.63) is 90.6 Å². The van der Waals surface area contributed by atoms with Crippen molar-refractivity contribution in [3.8, 4) is 11.5 Å². The van der Waals surface area contributed by atoms with Gasteiger partial charge >= 0.3 is 11.4 Å². The third kappa shape index (κ3) is 4.31. The Morgan fingerprint density at radius 2 is 1.65 bits per heavy atom. The Morgan fingerprint density at radius 1 is 1.00 bits per heavy atom. The van der Waals surface area contributed by atoms with E-state index in [0.717, 1.165) is 17.0 Å². The maximum Gasteiger partial charge on any atom is 0.301 e. The zero-order valence-corrected chi connectivity index (χ0v) is 25.2. The topological polar surface area (TPSA) is 190 Å². The molecule has 236 valence electrons. The lowest BCUT2D eigenvalue weighted by Gasteiger charge is -2.42. The predicted octanol–water partition coefficient (Wildman–Crippen LogP) is 3.92. The van der Waals surface area contributed by atoms with Crippen molar-refractivity contribution in [2.24, 2.45) is 17.8 Å². The number of allylic oxidation sites excluding steroid dienone is 6. The van der Waals surface area contributed by atoms with Crippen LogP contribution in [0.2, 0.25) is 0 Å². The molecule has 0 spiro atoms. The van der Waals surface area contributed by atoms with Crippen LogP contribution in [0.4, 0.5) is 22.7 Å². The van der Waals surface area contributed by atoms with Crippen molar-refractivity contribution in [2.75, 3.05) is 31.0 Å². The van der Waals surface area contributed by atoms with E-state index in [1.165, 1.54) is 45.2 Å². The number of ketones is 2. The van der Waals surface area contributed by atoms with E-state index in [1.807, 2.05) is 0 Å². The van der Waals surface area contributed by atoms with Crippen LogP contribution in [0.25, 0.3) is 0 Å². The third-order valence-electron chi connectivity index (χ3n) is 9.27. The van der Waals surface area contributed by atoms with Crippen LogP contribution in [0.1, 0.15) is 31.2 Å². The number of rotatable bonds is 6. The average molecular weight is 629 g/mol. The molecule has 2 amide bonds. The van der Waals surface area contributed by atoms with Gasteiger partial charge < -0.3 is 14.7 Å². The summed E-state index contributed by atoms with van der Waals surface area (Å²) in [7, 11) is 4.20. The molecule has 2 aromatic rings. The fraction of sp³-hybridized carbons (Fsp3) is 0.312. The molecule has 4 aliphatic rings. The number of amides is 2. The second-order valence-electron chi connectivity index (χ2n) is 11.9. The van der Waals surface area contributed by atoms with Crippen molar-refractivity contribution in [1.29, 1.82) is 0 Å². The second-order valence-corrected chi connectivity index (χ2v) is 11.9. The van der Waals surface area contributed by atoms with Gasteiger partial charge in [0.05, 0.1) is 34.5 Å². The SMILES string of the molecule is COc1cccc(O)c1[C@H]1C2=CC[C@@H]3C(=O)N(c4cc([N+](=O)[O-])c(N(C)C)c([N+](=O)[O-])c4)C(=O)[C@@H]3[C@@H]2CC2=C1C(=O)C(C)=CC2=O. The van der Waals surface area contributed by atoms with Gasteiger partial charge in [-0.25, -0.2) is 4.90 Å². The molecule has 1 N–H and O–H groups in total. The number of nitrogens with zero attached hydrogens (tertiary/aromatic N) is 4. The maximum absolute atomic E-state index is 14.3. The number of hydrogen-bond acceptors (Lipinski definition) is 11. The summed E-state index contributed by atoms with van der Waals surface area (Å²) in [6.07, 6.45) is 2.97. The number of carbonyl (C=O) groups is 4. The molecule has 1 aliphatic heterocycles. The van der Waals surface area contributed by atoms with Crippen LogP contribution in [0.5, 0.6) is 11.5 Å². The minimum atomic E-state index is -1.05. The minimum absolute atomic E-state index is 0.0452. The summed E-state index contributed by atoms with van der Waals surface area (Å²) in [5.41, 5.74) is -0.577. The first-order valence-corrected chi connectivity index (χ1v) is 14.4. The Balaban J connectivity index is 1.51. The summed E-state index contributed by atoms with van der Waals surface area (Å²) in [5, 5.41) is 35.1. The highest BCUT2D eigenvalue weighted by atomic mass is 16.6. The molecule has 1 saturated heterocycles. The van der Waals surface area contributed by atoms with E-state index in [4.69, 9.17) is 4.74 Å². The normalized spacial score (nSPS) is 23.8. The Hall–Kier alpha value is -5.66. The van der Waals surface area contributed by atoms with Crippen molar-refractivity contribution in [2.45, 2.75) is 25.7 Å². The van der Waals surface area contributed by atoms with E-state index in [-0.39, 0.29) is 63.8 Å². The smallest absolute Gasteiger partial charge is 0.301 e. The highest BCUT2D eigenvalue weighted by Crippen LogP contribution is 2.58. The zero-order chi connectivity index (χ0) is 33.4. The van der Waals surface area contributed by atoms with E-state index >= 15 is 0 Å². The number of hydrogen-bond donors (Lipinski definition) is 1. The maximum atomic E-state index is 14.3. The van der Waals surface area contributed by atoms with E-state index in [2.05, 4.69) is 0 Å². The van der Waals surface area contributed by atoms with E-state index < -0.39 is 62.5 Å². The van der Waals surface area contributed by atoms with Gasteiger partial charge in [-0.05, 0) is 43.9 Å². The van der Waals surface area contributed by atoms with Gasteiger partial charge in [0.2, 0.25) is 11.8 Å². The minimum Gasteiger partial charge on any atom is -0.507 e. The molecule has 0 aromatic heterocycles. The molecule has 14 nitrogen and oxygen atoms in total. The Kier molecular flexibility index (Phi) is 7.10. The number of phenolic OH excluding ortho intramolecular Hbond substituents is 1. The van der Waals surface area contributed by atoms with Gasteiger partial charge in [-0.2, -0.15) is 0 Å². The molecule has 0 bridgehead atoms. The van der Waals surface area contributed by atoms with Crippen LogP contribution in [0.3, 0.4) is 0 Å². The Bertz CT molecular complexity index is 1870. The summed E-state index contributed by atoms with van der Waals surface area (Å²) in [6.45, 7) is 1.53. The van der Waals surface area contributed by atoms with Crippen molar-refractivity contribution >= 4 is 46.1 Å². The number of carbonyl (C=O) groups excluding carboxylic acids is 4. The molecule has 1 heterocycles. The molecular formula is C32H28N4O10. The molecule has 0 saturated carbocycles. The number of benzene rings is 2. The van der Waals surface area contributed by atoms with Gasteiger partial charge in [-0.15, -0.1) is 0 Å². The number of imide groups is 1. The van der Waals surface area contributed by atoms with Gasteiger partial charge in [0.25, 0.3) is 0 Å². The monoisotopic (exact) mass is 628 g/mol. The number of nitro benzene ring substituents is 2. The van der Waals surface area contributed by atoms with Crippen molar-refractivity contribution in [3.63, 3.8) is 0 Å². The highest BCUT2D eigenvalue weighted by molar-refractivity contribution is 6.25. The van der Waals surface area contributed by atoms with Gasteiger partial charge in [0.15, 0.2) is 17.3 Å². The summed E-state index contributed by atoms with van der Waals surface area (Å²) in [6, 6.07) is 6.53. The van der Waals surface area contributed by atoms with Crippen molar-refractivity contribution < 1.29 is 38.9 Å². The van der Waals surface area contributed by atoms with Gasteiger partial charge in [-0.1, -0.05) is 17.7 Å². The molecule has 3 aliphatic carbocycles. The fourth-order valence-corrected chi connectivity index (χ4v) is 7.40. The number of fused-ring (bicyclic) bond motifs is 3. The number of Topliss-reactive ketones (excluding diaryl/α,β-unsaturated/α-hetero) is 1. The Labute approximate surface area is 261 Å². The molecule has 6 rings (SSSR count). The molecule has 14 heteroatoms. The van der Waals surface area contributed by atoms with E-state index in [9.17, 15) is 44.5 Å². The lowest BCUT2D eigenvalue weighted by atomic mass is 9.59. The largest absolute Gasteiger partial charge is 0.507 e. The lowest BCUT2D eigenvalue weighted by Crippen LogP contribution is -2.40. The number of methoxy groups -OCH3 is 1. The number of anilines is 2. The molecule has 0 unspecified atom stereocenters. The number of phenols is 1. The van der Waals surface area contributed by atoms with Crippen LogP contribution in [0.15, 0.2) is 64.8 Å². The van der Waals surface area contributed by atoms with Crippen LogP contribution in [-0.2, 0) is 19.2 Å². The summed E-state index contributed by atoms with van der Waals surface area (Å²) in [4.78, 5) is 79.5. The summed E-state index contributed by atoms with van der Waals surface area (Å²) in [5.74, 6) is -5.91. The predicted molar refractivity (Wildman–Crippen MR) is 163 cm³/mol. The van der Waals surface area contributed by atoms with Crippen LogP contribution in [0, 0.1) is 38.0 Å². The molecule has 46 heavy (non-hydrogen) atoms. The van der Waals surface area contributed by atoms with Crippen LogP contribution < -0.4 is 14.5 Å². The second kappa shape index (κ2) is 10.8. The molecule has 4 atom stereocenters. The zero-order valence-electron chi connectivity index (χ0n) is 25.2. The summed E-state index contributed by atoms with van der Waals surface area (Å²) < 4.78 is 5.55. The molecule has 2 aromatic carbocycles.